The molecule has 0 saturated heterocycles. The molecule has 1 saturated carbocycles. The molecule has 1 aliphatic carbocycles. The highest BCUT2D eigenvalue weighted by Crippen LogP contribution is 2.29. The van der Waals surface area contributed by atoms with Gasteiger partial charge < -0.3 is 11.1 Å². The minimum absolute atomic E-state index is 0.0193. The van der Waals surface area contributed by atoms with E-state index in [1.165, 1.54) is 0 Å². The summed E-state index contributed by atoms with van der Waals surface area (Å²) in [7, 11) is 0. The maximum absolute atomic E-state index is 11.7. The van der Waals surface area contributed by atoms with Crippen molar-refractivity contribution in [2.24, 2.45) is 5.73 Å². The molecular weight excluding hydrogens is 196 g/mol. The maximum Gasteiger partial charge on any atom is 0.240 e. The zero-order chi connectivity index (χ0) is 10.8. The molecule has 0 bridgehead atoms. The van der Waals surface area contributed by atoms with Gasteiger partial charge in [0.05, 0.1) is 5.54 Å². The molecule has 0 radical (unpaired) electrons. The molecule has 0 heterocycles. The van der Waals surface area contributed by atoms with Crippen LogP contribution in [0.25, 0.3) is 0 Å². The van der Waals surface area contributed by atoms with Gasteiger partial charge in [-0.1, -0.05) is 0 Å². The molecule has 1 fully saturated rings. The first kappa shape index (κ1) is 11.9. The molecule has 0 aliphatic heterocycles. The second-order valence-corrected chi connectivity index (χ2v) is 6.17. The summed E-state index contributed by atoms with van der Waals surface area (Å²) in [5.41, 5.74) is 5.34. The molecule has 0 aromatic carbocycles. The van der Waals surface area contributed by atoms with Crippen LogP contribution in [0.2, 0.25) is 0 Å². The van der Waals surface area contributed by atoms with Crippen molar-refractivity contribution in [3.05, 3.63) is 0 Å². The fraction of sp³-hybridized carbons (Fsp3) is 0.900. The zero-order valence-corrected chi connectivity index (χ0v) is 10.0. The van der Waals surface area contributed by atoms with Crippen LogP contribution in [-0.2, 0) is 4.79 Å². The average molecular weight is 216 g/mol. The fourth-order valence-electron chi connectivity index (χ4n) is 1.33. The lowest BCUT2D eigenvalue weighted by Gasteiger charge is -2.37. The van der Waals surface area contributed by atoms with Gasteiger partial charge in [-0.25, -0.2) is 0 Å². The molecule has 1 rings (SSSR count). The number of thioether (sulfide) groups is 1. The lowest BCUT2D eigenvalue weighted by Crippen LogP contribution is -2.59. The molecule has 0 unspecified atom stereocenters. The van der Waals surface area contributed by atoms with Crippen molar-refractivity contribution < 1.29 is 4.79 Å². The summed E-state index contributed by atoms with van der Waals surface area (Å²) >= 11 is 1.75. The van der Waals surface area contributed by atoms with Crippen LogP contribution < -0.4 is 11.1 Å². The maximum atomic E-state index is 11.7. The van der Waals surface area contributed by atoms with Crippen molar-refractivity contribution in [1.29, 1.82) is 0 Å². The van der Waals surface area contributed by atoms with E-state index in [2.05, 4.69) is 19.2 Å². The lowest BCUT2D eigenvalue weighted by molar-refractivity contribution is -0.129. The quantitative estimate of drug-likeness (QED) is 0.740. The lowest BCUT2D eigenvalue weighted by atomic mass is 9.77. The van der Waals surface area contributed by atoms with E-state index in [4.69, 9.17) is 5.73 Å². The highest BCUT2D eigenvalue weighted by molar-refractivity contribution is 7.99. The minimum atomic E-state index is -0.561. The van der Waals surface area contributed by atoms with Gasteiger partial charge in [0.15, 0.2) is 0 Å². The standard InChI is InChI=1S/C10H20N2OS/c1-9(2,14-3)7-12-8(13)10(11)5-4-6-10/h4-7,11H2,1-3H3,(H,12,13). The van der Waals surface area contributed by atoms with E-state index in [9.17, 15) is 4.79 Å². The fourth-order valence-corrected chi connectivity index (χ4v) is 1.54. The van der Waals surface area contributed by atoms with Gasteiger partial charge in [0, 0.05) is 11.3 Å². The first-order valence-electron chi connectivity index (χ1n) is 5.02. The summed E-state index contributed by atoms with van der Waals surface area (Å²) in [6.45, 7) is 4.91. The molecule has 1 aliphatic rings. The second kappa shape index (κ2) is 4.11. The minimum Gasteiger partial charge on any atom is -0.353 e. The Hall–Kier alpha value is -0.220. The molecule has 0 aromatic heterocycles. The van der Waals surface area contributed by atoms with Gasteiger partial charge >= 0.3 is 0 Å². The van der Waals surface area contributed by atoms with Crippen molar-refractivity contribution >= 4 is 17.7 Å². The number of carbonyl (C=O) groups is 1. The number of rotatable bonds is 4. The highest BCUT2D eigenvalue weighted by Gasteiger charge is 2.40. The Bertz CT molecular complexity index is 224. The second-order valence-electron chi connectivity index (χ2n) is 4.66. The van der Waals surface area contributed by atoms with Crippen LogP contribution in [0.15, 0.2) is 0 Å². The third-order valence-electron chi connectivity index (χ3n) is 2.93. The summed E-state index contributed by atoms with van der Waals surface area (Å²) in [6, 6.07) is 0. The molecule has 82 valence electrons. The van der Waals surface area contributed by atoms with E-state index in [0.717, 1.165) is 19.3 Å². The number of hydrogen-bond acceptors (Lipinski definition) is 3. The predicted molar refractivity (Wildman–Crippen MR) is 61.4 cm³/mol. The van der Waals surface area contributed by atoms with Gasteiger partial charge in [-0.2, -0.15) is 11.8 Å². The number of carbonyl (C=O) groups excluding carboxylic acids is 1. The van der Waals surface area contributed by atoms with Crippen molar-refractivity contribution in [1.82, 2.24) is 5.32 Å². The summed E-state index contributed by atoms with van der Waals surface area (Å²) < 4.78 is 0.0930. The van der Waals surface area contributed by atoms with Crippen LogP contribution in [0.5, 0.6) is 0 Å². The third kappa shape index (κ3) is 2.64. The zero-order valence-electron chi connectivity index (χ0n) is 9.22. The summed E-state index contributed by atoms with van der Waals surface area (Å²) in [5.74, 6) is 0.0193. The van der Waals surface area contributed by atoms with Crippen molar-refractivity contribution in [3.63, 3.8) is 0 Å². The number of nitrogens with one attached hydrogen (secondary N) is 1. The van der Waals surface area contributed by atoms with Gasteiger partial charge in [0.1, 0.15) is 0 Å². The first-order valence-corrected chi connectivity index (χ1v) is 6.24. The number of amides is 1. The Kier molecular flexibility index (Phi) is 3.48. The van der Waals surface area contributed by atoms with Crippen molar-refractivity contribution in [2.45, 2.75) is 43.4 Å². The summed E-state index contributed by atoms with van der Waals surface area (Å²) in [4.78, 5) is 11.7. The summed E-state index contributed by atoms with van der Waals surface area (Å²) in [6.07, 6.45) is 4.79. The van der Waals surface area contributed by atoms with Crippen LogP contribution in [-0.4, -0.2) is 29.0 Å². The van der Waals surface area contributed by atoms with E-state index in [1.807, 2.05) is 6.26 Å². The Morgan fingerprint density at radius 1 is 1.57 bits per heavy atom. The number of nitrogens with two attached hydrogens (primary N) is 1. The predicted octanol–water partition coefficient (Wildman–Crippen LogP) is 1.13. The van der Waals surface area contributed by atoms with Gasteiger partial charge in [-0.05, 0) is 39.4 Å². The van der Waals surface area contributed by atoms with Crippen LogP contribution in [0.1, 0.15) is 33.1 Å². The van der Waals surface area contributed by atoms with Crippen LogP contribution >= 0.6 is 11.8 Å². The van der Waals surface area contributed by atoms with E-state index in [0.29, 0.717) is 6.54 Å². The Balaban J connectivity index is 2.35. The van der Waals surface area contributed by atoms with Crippen LogP contribution in [0.4, 0.5) is 0 Å². The Morgan fingerprint density at radius 2 is 2.14 bits per heavy atom. The van der Waals surface area contributed by atoms with Gasteiger partial charge in [0.2, 0.25) is 5.91 Å². The Labute approximate surface area is 90.2 Å². The molecule has 3 nitrogen and oxygen atoms in total. The Morgan fingerprint density at radius 3 is 2.50 bits per heavy atom. The molecule has 4 heteroatoms. The van der Waals surface area contributed by atoms with Crippen LogP contribution in [0.3, 0.4) is 0 Å². The average Bonchev–Trinajstić information content (AvgIpc) is 2.10. The molecule has 0 atom stereocenters. The van der Waals surface area contributed by atoms with Crippen LogP contribution in [0, 0.1) is 0 Å². The number of hydrogen-bond donors (Lipinski definition) is 2. The molecule has 0 aromatic rings. The topological polar surface area (TPSA) is 55.1 Å². The van der Waals surface area contributed by atoms with E-state index < -0.39 is 5.54 Å². The van der Waals surface area contributed by atoms with Gasteiger partial charge in [0.25, 0.3) is 0 Å². The highest BCUT2D eigenvalue weighted by atomic mass is 32.2. The summed E-state index contributed by atoms with van der Waals surface area (Å²) in [5, 5.41) is 2.93. The third-order valence-corrected chi connectivity index (χ3v) is 4.17. The molecular formula is C10H20N2OS. The SMILES string of the molecule is CSC(C)(C)CNC(=O)C1(N)CCC1. The van der Waals surface area contributed by atoms with E-state index >= 15 is 0 Å². The smallest absolute Gasteiger partial charge is 0.240 e. The van der Waals surface area contributed by atoms with Crippen molar-refractivity contribution in [2.75, 3.05) is 12.8 Å². The largest absolute Gasteiger partial charge is 0.353 e. The van der Waals surface area contributed by atoms with E-state index in [-0.39, 0.29) is 10.7 Å². The monoisotopic (exact) mass is 216 g/mol. The molecule has 0 spiro atoms. The normalized spacial score (nSPS) is 20.0. The van der Waals surface area contributed by atoms with Gasteiger partial charge in [-0.3, -0.25) is 4.79 Å². The molecule has 1 amide bonds. The van der Waals surface area contributed by atoms with Gasteiger partial charge in [-0.15, -0.1) is 0 Å². The van der Waals surface area contributed by atoms with Crippen molar-refractivity contribution in [3.8, 4) is 0 Å². The van der Waals surface area contributed by atoms with E-state index in [1.54, 1.807) is 11.8 Å². The first-order chi connectivity index (χ1) is 6.40. The molecule has 14 heavy (non-hydrogen) atoms. The molecule has 3 N–H and O–H groups in total.